The van der Waals surface area contributed by atoms with Gasteiger partial charge < -0.3 is 15.2 Å². The zero-order chi connectivity index (χ0) is 12.7. The topological polar surface area (TPSA) is 67.2 Å². The van der Waals surface area contributed by atoms with E-state index in [1.807, 2.05) is 6.92 Å². The number of halogens is 1. The largest absolute Gasteiger partial charge is 0.361 e. The lowest BCUT2D eigenvalue weighted by molar-refractivity contribution is 0.0951. The van der Waals surface area contributed by atoms with Crippen LogP contribution in [0.25, 0.3) is 0 Å². The van der Waals surface area contributed by atoms with Gasteiger partial charge in [0.05, 0.1) is 5.69 Å². The molecule has 0 unspecified atom stereocenters. The van der Waals surface area contributed by atoms with Gasteiger partial charge in [-0.2, -0.15) is 0 Å². The monoisotopic (exact) mass is 275 g/mol. The van der Waals surface area contributed by atoms with Crippen LogP contribution in [0.5, 0.6) is 0 Å². The molecule has 1 aromatic heterocycles. The maximum absolute atomic E-state index is 11.9. The fraction of sp³-hybridized carbons (Fsp3) is 0.667. The highest BCUT2D eigenvalue weighted by Crippen LogP contribution is 2.13. The molecular weight excluding hydrogens is 254 g/mol. The summed E-state index contributed by atoms with van der Waals surface area (Å²) in [5, 5.41) is 9.94. The highest BCUT2D eigenvalue weighted by Gasteiger charge is 2.18. The van der Waals surface area contributed by atoms with Crippen LogP contribution >= 0.6 is 12.4 Å². The Balaban J connectivity index is 0.00000289. The fourth-order valence-corrected chi connectivity index (χ4v) is 1.60. The number of nitrogens with zero attached hydrogens (tertiary/aromatic N) is 1. The Hall–Kier alpha value is -1.07. The molecule has 0 aromatic carbocycles. The first kappa shape index (κ1) is 16.9. The van der Waals surface area contributed by atoms with Gasteiger partial charge in [0, 0.05) is 13.1 Å². The van der Waals surface area contributed by atoms with Crippen molar-refractivity contribution in [2.75, 3.05) is 19.6 Å². The van der Waals surface area contributed by atoms with Crippen LogP contribution < -0.4 is 10.6 Å². The third-order valence-corrected chi connectivity index (χ3v) is 2.51. The third kappa shape index (κ3) is 4.66. The summed E-state index contributed by atoms with van der Waals surface area (Å²) < 4.78 is 5.03. The van der Waals surface area contributed by atoms with E-state index in [-0.39, 0.29) is 18.3 Å². The second kappa shape index (κ2) is 8.94. The van der Waals surface area contributed by atoms with E-state index in [1.54, 1.807) is 6.92 Å². The summed E-state index contributed by atoms with van der Waals surface area (Å²) >= 11 is 0. The predicted octanol–water partition coefficient (Wildman–Crippen LogP) is 1.70. The van der Waals surface area contributed by atoms with Crippen LogP contribution in [-0.4, -0.2) is 30.7 Å². The molecule has 0 atom stereocenters. The van der Waals surface area contributed by atoms with Crippen LogP contribution in [0.3, 0.4) is 0 Å². The minimum atomic E-state index is -0.0982. The maximum Gasteiger partial charge on any atom is 0.256 e. The van der Waals surface area contributed by atoms with Crippen molar-refractivity contribution in [3.05, 3.63) is 17.0 Å². The number of aryl methyl sites for hydroxylation is 2. The van der Waals surface area contributed by atoms with Crippen LogP contribution in [0.15, 0.2) is 4.52 Å². The molecule has 6 heteroatoms. The fourth-order valence-electron chi connectivity index (χ4n) is 1.60. The molecule has 0 saturated heterocycles. The normalized spacial score (nSPS) is 9.94. The number of rotatable bonds is 7. The average molecular weight is 276 g/mol. The molecule has 18 heavy (non-hydrogen) atoms. The van der Waals surface area contributed by atoms with Crippen molar-refractivity contribution in [1.29, 1.82) is 0 Å². The second-order valence-electron chi connectivity index (χ2n) is 3.92. The van der Waals surface area contributed by atoms with Gasteiger partial charge in [-0.05, 0) is 26.3 Å². The van der Waals surface area contributed by atoms with E-state index in [0.717, 1.165) is 25.2 Å². The smallest absolute Gasteiger partial charge is 0.256 e. The molecule has 0 spiro atoms. The van der Waals surface area contributed by atoms with Crippen LogP contribution in [0.1, 0.15) is 42.1 Å². The van der Waals surface area contributed by atoms with Gasteiger partial charge in [-0.1, -0.05) is 19.0 Å². The highest BCUT2D eigenvalue weighted by atomic mass is 35.5. The van der Waals surface area contributed by atoms with Gasteiger partial charge >= 0.3 is 0 Å². The molecule has 0 saturated carbocycles. The van der Waals surface area contributed by atoms with Crippen LogP contribution in [-0.2, 0) is 6.42 Å². The molecule has 104 valence electrons. The molecule has 0 aliphatic rings. The summed E-state index contributed by atoms with van der Waals surface area (Å²) in [6.45, 7) is 8.20. The zero-order valence-electron chi connectivity index (χ0n) is 11.2. The molecule has 1 rings (SSSR count). The van der Waals surface area contributed by atoms with Crippen molar-refractivity contribution in [3.63, 3.8) is 0 Å². The van der Waals surface area contributed by atoms with Gasteiger partial charge in [0.15, 0.2) is 0 Å². The van der Waals surface area contributed by atoms with E-state index in [9.17, 15) is 4.79 Å². The van der Waals surface area contributed by atoms with Gasteiger partial charge in [-0.15, -0.1) is 12.4 Å². The summed E-state index contributed by atoms with van der Waals surface area (Å²) in [5.74, 6) is 0.486. The molecule has 1 amide bonds. The van der Waals surface area contributed by atoms with Crippen molar-refractivity contribution in [1.82, 2.24) is 15.8 Å². The van der Waals surface area contributed by atoms with Crippen molar-refractivity contribution >= 4 is 18.3 Å². The van der Waals surface area contributed by atoms with Crippen LogP contribution in [0, 0.1) is 6.92 Å². The van der Waals surface area contributed by atoms with E-state index in [1.165, 1.54) is 0 Å². The van der Waals surface area contributed by atoms with E-state index >= 15 is 0 Å². The number of nitrogens with one attached hydrogen (secondary N) is 2. The molecule has 0 fully saturated rings. The highest BCUT2D eigenvalue weighted by molar-refractivity contribution is 5.96. The van der Waals surface area contributed by atoms with Crippen molar-refractivity contribution in [2.45, 2.75) is 33.6 Å². The molecule has 1 heterocycles. The standard InChI is InChI=1S/C12H21N3O2.ClH/c1-4-6-13-7-8-14-12(16)11-9(3)17-15-10(11)5-2;/h13H,4-8H2,1-3H3,(H,14,16);1H. The van der Waals surface area contributed by atoms with Crippen molar-refractivity contribution < 1.29 is 9.32 Å². The molecule has 2 N–H and O–H groups in total. The lowest BCUT2D eigenvalue weighted by atomic mass is 10.1. The lowest BCUT2D eigenvalue weighted by Gasteiger charge is -2.05. The average Bonchev–Trinajstić information content (AvgIpc) is 2.70. The number of carbonyl (C=O) groups excluding carboxylic acids is 1. The Bertz CT molecular complexity index is 366. The van der Waals surface area contributed by atoms with Gasteiger partial charge in [-0.3, -0.25) is 4.79 Å². The van der Waals surface area contributed by atoms with E-state index < -0.39 is 0 Å². The first-order valence-corrected chi connectivity index (χ1v) is 6.14. The summed E-state index contributed by atoms with van der Waals surface area (Å²) in [6.07, 6.45) is 1.80. The Morgan fingerprint density at radius 2 is 2.00 bits per heavy atom. The number of hydrogen-bond acceptors (Lipinski definition) is 4. The van der Waals surface area contributed by atoms with E-state index in [4.69, 9.17) is 4.52 Å². The van der Waals surface area contributed by atoms with Gasteiger partial charge in [0.25, 0.3) is 5.91 Å². The Morgan fingerprint density at radius 1 is 1.28 bits per heavy atom. The van der Waals surface area contributed by atoms with Crippen LogP contribution in [0.2, 0.25) is 0 Å². The molecule has 0 radical (unpaired) electrons. The Labute approximate surface area is 114 Å². The SMILES string of the molecule is CCCNCCNC(=O)c1c(CC)noc1C.Cl. The minimum absolute atomic E-state index is 0. The Morgan fingerprint density at radius 3 is 2.61 bits per heavy atom. The lowest BCUT2D eigenvalue weighted by Crippen LogP contribution is -2.32. The van der Waals surface area contributed by atoms with Crippen molar-refractivity contribution in [2.24, 2.45) is 0 Å². The molecule has 0 aliphatic heterocycles. The molecule has 0 bridgehead atoms. The second-order valence-corrected chi connectivity index (χ2v) is 3.92. The number of amides is 1. The Kier molecular flexibility index (Phi) is 8.41. The summed E-state index contributed by atoms with van der Waals surface area (Å²) in [4.78, 5) is 11.9. The van der Waals surface area contributed by atoms with E-state index in [2.05, 4.69) is 22.7 Å². The number of aromatic nitrogens is 1. The van der Waals surface area contributed by atoms with Crippen LogP contribution in [0.4, 0.5) is 0 Å². The minimum Gasteiger partial charge on any atom is -0.361 e. The number of carbonyl (C=O) groups is 1. The molecule has 5 nitrogen and oxygen atoms in total. The van der Waals surface area contributed by atoms with Gasteiger partial charge in [0.1, 0.15) is 11.3 Å². The zero-order valence-corrected chi connectivity index (χ0v) is 12.0. The molecular formula is C12H22ClN3O2. The molecule has 1 aromatic rings. The quantitative estimate of drug-likeness (QED) is 0.743. The third-order valence-electron chi connectivity index (χ3n) is 2.51. The number of hydrogen-bond donors (Lipinski definition) is 2. The predicted molar refractivity (Wildman–Crippen MR) is 73.4 cm³/mol. The first-order valence-electron chi connectivity index (χ1n) is 6.14. The summed E-state index contributed by atoms with van der Waals surface area (Å²) in [6, 6.07) is 0. The van der Waals surface area contributed by atoms with Gasteiger partial charge in [0.2, 0.25) is 0 Å². The van der Waals surface area contributed by atoms with E-state index in [0.29, 0.717) is 24.3 Å². The van der Waals surface area contributed by atoms with Crippen molar-refractivity contribution in [3.8, 4) is 0 Å². The van der Waals surface area contributed by atoms with Gasteiger partial charge in [-0.25, -0.2) is 0 Å². The summed E-state index contributed by atoms with van der Waals surface area (Å²) in [5.41, 5.74) is 1.31. The summed E-state index contributed by atoms with van der Waals surface area (Å²) in [7, 11) is 0. The molecule has 0 aliphatic carbocycles. The first-order chi connectivity index (χ1) is 8.20. The maximum atomic E-state index is 11.9.